The summed E-state index contributed by atoms with van der Waals surface area (Å²) < 4.78 is 4.75. The van der Waals surface area contributed by atoms with E-state index in [2.05, 4.69) is 4.98 Å². The molecule has 0 aliphatic rings. The van der Waals surface area contributed by atoms with Gasteiger partial charge in [-0.15, -0.1) is 11.8 Å². The van der Waals surface area contributed by atoms with Crippen molar-refractivity contribution in [2.24, 2.45) is 0 Å². The van der Waals surface area contributed by atoms with E-state index in [4.69, 9.17) is 4.74 Å². The van der Waals surface area contributed by atoms with Crippen LogP contribution in [-0.4, -0.2) is 35.4 Å². The first kappa shape index (κ1) is 18.0. The van der Waals surface area contributed by atoms with Gasteiger partial charge in [-0.2, -0.15) is 0 Å². The number of Topliss-reactive ketones (excluding diaryl/α,β-unsaturated/α-hetero) is 2. The minimum absolute atomic E-state index is 0.0658. The van der Waals surface area contributed by atoms with Crippen LogP contribution in [0.1, 0.15) is 49.4 Å². The van der Waals surface area contributed by atoms with Crippen molar-refractivity contribution in [3.05, 3.63) is 52.3 Å². The molecule has 0 aliphatic heterocycles. The molecule has 1 N–H and O–H groups in total. The van der Waals surface area contributed by atoms with Gasteiger partial charge in [-0.3, -0.25) is 9.59 Å². The monoisotopic (exact) mass is 345 g/mol. The van der Waals surface area contributed by atoms with Gasteiger partial charge in [0.15, 0.2) is 11.6 Å². The fourth-order valence-corrected chi connectivity index (χ4v) is 3.56. The fraction of sp³-hybridized carbons (Fsp3) is 0.278. The minimum Gasteiger partial charge on any atom is -0.465 e. The van der Waals surface area contributed by atoms with Crippen molar-refractivity contribution in [3.63, 3.8) is 0 Å². The SMILES string of the molecule is COC(=O)c1ccccc1SCC(=O)c1[nH]c(C)c(C(C)=O)c1C. The van der Waals surface area contributed by atoms with Crippen LogP contribution in [0.2, 0.25) is 0 Å². The molecule has 0 unspecified atom stereocenters. The number of H-pyrrole nitrogens is 1. The van der Waals surface area contributed by atoms with Crippen molar-refractivity contribution in [1.82, 2.24) is 4.98 Å². The maximum absolute atomic E-state index is 12.5. The third kappa shape index (κ3) is 3.59. The Kier molecular flexibility index (Phi) is 5.62. The van der Waals surface area contributed by atoms with Crippen molar-refractivity contribution < 1.29 is 19.1 Å². The molecule has 1 aromatic heterocycles. The fourth-order valence-electron chi connectivity index (χ4n) is 2.64. The molecule has 0 saturated heterocycles. The summed E-state index contributed by atoms with van der Waals surface area (Å²) in [5.41, 5.74) is 2.82. The molecule has 0 fully saturated rings. The number of ether oxygens (including phenoxy) is 1. The van der Waals surface area contributed by atoms with Crippen LogP contribution in [0.3, 0.4) is 0 Å². The Morgan fingerprint density at radius 3 is 2.42 bits per heavy atom. The molecule has 0 amide bonds. The maximum atomic E-state index is 12.5. The van der Waals surface area contributed by atoms with Crippen LogP contribution in [0.15, 0.2) is 29.2 Å². The number of ketones is 2. The summed E-state index contributed by atoms with van der Waals surface area (Å²) in [5, 5.41) is 0. The van der Waals surface area contributed by atoms with Gasteiger partial charge < -0.3 is 9.72 Å². The van der Waals surface area contributed by atoms with Crippen LogP contribution in [0.4, 0.5) is 0 Å². The summed E-state index contributed by atoms with van der Waals surface area (Å²) in [6.07, 6.45) is 0. The van der Waals surface area contributed by atoms with Gasteiger partial charge in [-0.1, -0.05) is 12.1 Å². The molecule has 0 aliphatic carbocycles. The number of methoxy groups -OCH3 is 1. The zero-order valence-electron chi connectivity index (χ0n) is 14.1. The molecule has 2 rings (SSSR count). The first-order valence-electron chi connectivity index (χ1n) is 7.40. The third-order valence-electron chi connectivity index (χ3n) is 3.72. The predicted molar refractivity (Wildman–Crippen MR) is 93.1 cm³/mol. The number of aryl methyl sites for hydroxylation is 1. The van der Waals surface area contributed by atoms with E-state index >= 15 is 0 Å². The smallest absolute Gasteiger partial charge is 0.338 e. The number of hydrogen-bond donors (Lipinski definition) is 1. The lowest BCUT2D eigenvalue weighted by atomic mass is 10.1. The van der Waals surface area contributed by atoms with Crippen LogP contribution < -0.4 is 0 Å². The molecule has 6 heteroatoms. The van der Waals surface area contributed by atoms with Gasteiger partial charge in [-0.25, -0.2) is 4.79 Å². The van der Waals surface area contributed by atoms with Gasteiger partial charge >= 0.3 is 5.97 Å². The lowest BCUT2D eigenvalue weighted by molar-refractivity contribution is 0.0596. The number of rotatable bonds is 6. The Morgan fingerprint density at radius 2 is 1.83 bits per heavy atom. The summed E-state index contributed by atoms with van der Waals surface area (Å²) in [5.74, 6) is -0.459. The van der Waals surface area contributed by atoms with Crippen molar-refractivity contribution in [2.45, 2.75) is 25.7 Å². The Labute approximate surface area is 144 Å². The van der Waals surface area contributed by atoms with Gasteiger partial charge in [0.2, 0.25) is 0 Å². The topological polar surface area (TPSA) is 76.2 Å². The highest BCUT2D eigenvalue weighted by Crippen LogP contribution is 2.26. The molecule has 5 nitrogen and oxygen atoms in total. The van der Waals surface area contributed by atoms with Gasteiger partial charge in [0.25, 0.3) is 0 Å². The predicted octanol–water partition coefficient (Wildman–Crippen LogP) is 3.60. The molecule has 1 heterocycles. The molecular formula is C18H19NO4S. The lowest BCUT2D eigenvalue weighted by Crippen LogP contribution is -2.07. The van der Waals surface area contributed by atoms with E-state index in [1.807, 2.05) is 0 Å². The summed E-state index contributed by atoms with van der Waals surface area (Å²) in [6, 6.07) is 6.99. The van der Waals surface area contributed by atoms with Gasteiger partial charge in [-0.05, 0) is 38.5 Å². The van der Waals surface area contributed by atoms with E-state index in [1.165, 1.54) is 25.8 Å². The standard InChI is InChI=1S/C18H19NO4S/c1-10-16(12(3)20)11(2)19-17(10)14(21)9-24-15-8-6-5-7-13(15)18(22)23-4/h5-8,19H,9H2,1-4H3. The second-order valence-corrected chi connectivity index (χ2v) is 6.40. The molecule has 0 bridgehead atoms. The van der Waals surface area contributed by atoms with Gasteiger partial charge in [0.05, 0.1) is 24.1 Å². The van der Waals surface area contributed by atoms with E-state index in [9.17, 15) is 14.4 Å². The summed E-state index contributed by atoms with van der Waals surface area (Å²) in [6.45, 7) is 5.03. The van der Waals surface area contributed by atoms with E-state index in [-0.39, 0.29) is 17.3 Å². The van der Waals surface area contributed by atoms with Gasteiger partial charge in [0.1, 0.15) is 0 Å². The van der Waals surface area contributed by atoms with Gasteiger partial charge in [0, 0.05) is 16.2 Å². The van der Waals surface area contributed by atoms with E-state index in [0.717, 1.165) is 0 Å². The molecule has 0 spiro atoms. The highest BCUT2D eigenvalue weighted by molar-refractivity contribution is 8.00. The Morgan fingerprint density at radius 1 is 1.17 bits per heavy atom. The number of thioether (sulfide) groups is 1. The lowest BCUT2D eigenvalue weighted by Gasteiger charge is -2.07. The van der Waals surface area contributed by atoms with Crippen LogP contribution in [0.25, 0.3) is 0 Å². The first-order chi connectivity index (χ1) is 11.4. The molecule has 0 atom stereocenters. The number of nitrogens with one attached hydrogen (secondary N) is 1. The number of benzene rings is 1. The van der Waals surface area contributed by atoms with Crippen molar-refractivity contribution in [3.8, 4) is 0 Å². The summed E-state index contributed by atoms with van der Waals surface area (Å²) in [7, 11) is 1.32. The highest BCUT2D eigenvalue weighted by atomic mass is 32.2. The number of esters is 1. The summed E-state index contributed by atoms with van der Waals surface area (Å²) >= 11 is 1.27. The average molecular weight is 345 g/mol. The minimum atomic E-state index is -0.434. The number of aromatic nitrogens is 1. The van der Waals surface area contributed by atoms with Crippen molar-refractivity contribution in [2.75, 3.05) is 12.9 Å². The van der Waals surface area contributed by atoms with Crippen LogP contribution in [-0.2, 0) is 4.74 Å². The first-order valence-corrected chi connectivity index (χ1v) is 8.38. The molecule has 0 saturated carbocycles. The zero-order valence-corrected chi connectivity index (χ0v) is 14.9. The van der Waals surface area contributed by atoms with Crippen LogP contribution >= 0.6 is 11.8 Å². The Hall–Kier alpha value is -2.34. The number of aromatic amines is 1. The third-order valence-corrected chi connectivity index (χ3v) is 4.79. The van der Waals surface area contributed by atoms with Crippen LogP contribution in [0, 0.1) is 13.8 Å². The van der Waals surface area contributed by atoms with E-state index in [0.29, 0.717) is 33.0 Å². The second kappa shape index (κ2) is 7.49. The average Bonchev–Trinajstić information content (AvgIpc) is 2.86. The molecule has 0 radical (unpaired) electrons. The molecular weight excluding hydrogens is 326 g/mol. The molecule has 1 aromatic carbocycles. The largest absolute Gasteiger partial charge is 0.465 e. The van der Waals surface area contributed by atoms with E-state index < -0.39 is 5.97 Å². The maximum Gasteiger partial charge on any atom is 0.338 e. The van der Waals surface area contributed by atoms with E-state index in [1.54, 1.807) is 38.1 Å². The zero-order chi connectivity index (χ0) is 17.9. The van der Waals surface area contributed by atoms with Crippen molar-refractivity contribution >= 4 is 29.3 Å². The number of carbonyl (C=O) groups excluding carboxylic acids is 3. The second-order valence-electron chi connectivity index (χ2n) is 5.38. The van der Waals surface area contributed by atoms with Crippen LogP contribution in [0.5, 0.6) is 0 Å². The number of carbonyl (C=O) groups is 3. The molecule has 24 heavy (non-hydrogen) atoms. The summed E-state index contributed by atoms with van der Waals surface area (Å²) in [4.78, 5) is 39.6. The number of hydrogen-bond acceptors (Lipinski definition) is 5. The quantitative estimate of drug-likeness (QED) is 0.492. The highest BCUT2D eigenvalue weighted by Gasteiger charge is 2.20. The Balaban J connectivity index is 2.20. The normalized spacial score (nSPS) is 10.5. The van der Waals surface area contributed by atoms with Crippen molar-refractivity contribution in [1.29, 1.82) is 0 Å². The molecule has 126 valence electrons. The molecule has 2 aromatic rings. The Bertz CT molecular complexity index is 807.